The Labute approximate surface area is 313 Å². The van der Waals surface area contributed by atoms with Gasteiger partial charge in [0.2, 0.25) is 0 Å². The highest BCUT2D eigenvalue weighted by atomic mass is 32.2. The number of carbonyl (C=O) groups excluding carboxylic acids is 2. The maximum Gasteiger partial charge on any atom is 0.266 e. The van der Waals surface area contributed by atoms with Crippen LogP contribution in [-0.2, 0) is 20.0 Å². The van der Waals surface area contributed by atoms with E-state index in [0.717, 1.165) is 11.1 Å². The number of fused-ring (bicyclic) bond motifs is 2. The van der Waals surface area contributed by atoms with Crippen molar-refractivity contribution in [1.29, 1.82) is 0 Å². The third-order valence-corrected chi connectivity index (χ3v) is 14.4. The monoisotopic (exact) mass is 764 g/mol. The molecule has 2 aliphatic heterocycles. The number of benzene rings is 4. The van der Waals surface area contributed by atoms with E-state index < -0.39 is 32.4 Å². The fraction of sp³-hybridized carbons (Fsp3) is 0.150. The van der Waals surface area contributed by atoms with Crippen molar-refractivity contribution in [3.05, 3.63) is 154 Å². The zero-order chi connectivity index (χ0) is 38.0. The summed E-state index contributed by atoms with van der Waals surface area (Å²) in [5.41, 5.74) is 3.33. The summed E-state index contributed by atoms with van der Waals surface area (Å²) in [6.07, 6.45) is -2.29. The number of rotatable bonds is 8. The first-order chi connectivity index (χ1) is 25.1. The first-order valence-electron chi connectivity index (χ1n) is 16.6. The largest absolute Gasteiger partial charge is 0.316 e. The first kappa shape index (κ1) is 35.9. The fourth-order valence-electron chi connectivity index (χ4n) is 6.73. The van der Waals surface area contributed by atoms with Gasteiger partial charge in [-0.1, -0.05) is 72.8 Å². The number of nitrogens with zero attached hydrogens (tertiary/aromatic N) is 4. The van der Waals surface area contributed by atoms with Crippen molar-refractivity contribution >= 4 is 65.7 Å². The number of sulfonamides is 2. The van der Waals surface area contributed by atoms with E-state index in [1.165, 1.54) is 68.1 Å². The molecule has 13 heteroatoms. The van der Waals surface area contributed by atoms with Crippen molar-refractivity contribution in [3.8, 4) is 0 Å². The van der Waals surface area contributed by atoms with Gasteiger partial charge in [-0.05, 0) is 74.5 Å². The van der Waals surface area contributed by atoms with Crippen LogP contribution < -0.4 is 8.61 Å². The second-order valence-corrected chi connectivity index (χ2v) is 17.8. The second kappa shape index (κ2) is 13.2. The normalized spacial score (nSPS) is 17.4. The number of hydrogen-bond donors (Lipinski definition) is 0. The van der Waals surface area contributed by atoms with Gasteiger partial charge in [0, 0.05) is 35.0 Å². The van der Waals surface area contributed by atoms with Gasteiger partial charge >= 0.3 is 0 Å². The Bertz CT molecular complexity index is 2370. The van der Waals surface area contributed by atoms with Crippen LogP contribution in [0, 0.1) is 13.8 Å². The molecule has 1 aromatic heterocycles. The minimum atomic E-state index is -4.22. The number of para-hydroxylation sites is 2. The van der Waals surface area contributed by atoms with E-state index in [1.807, 2.05) is 13.8 Å². The molecule has 10 nitrogen and oxygen atoms in total. The first-order valence-corrected chi connectivity index (χ1v) is 20.3. The number of thiophene rings is 1. The van der Waals surface area contributed by atoms with Crippen LogP contribution in [0.4, 0.5) is 11.4 Å². The lowest BCUT2D eigenvalue weighted by Gasteiger charge is -2.44. The average molecular weight is 765 g/mol. The Morgan fingerprint density at radius 2 is 0.887 bits per heavy atom. The van der Waals surface area contributed by atoms with E-state index in [0.29, 0.717) is 20.9 Å². The highest BCUT2D eigenvalue weighted by molar-refractivity contribution is 7.93. The van der Waals surface area contributed by atoms with Gasteiger partial charge in [-0.15, -0.1) is 11.3 Å². The van der Waals surface area contributed by atoms with E-state index in [4.69, 9.17) is 0 Å². The van der Waals surface area contributed by atoms with Crippen molar-refractivity contribution in [3.63, 3.8) is 0 Å². The number of likely N-dealkylation sites (N-methyl/N-ethyl adjacent to an activating group) is 2. The number of amides is 2. The summed E-state index contributed by atoms with van der Waals surface area (Å²) in [4.78, 5) is 31.3. The summed E-state index contributed by atoms with van der Waals surface area (Å²) >= 11 is 1.21. The molecule has 0 saturated heterocycles. The zero-order valence-electron chi connectivity index (χ0n) is 29.4. The molecule has 0 fully saturated rings. The van der Waals surface area contributed by atoms with E-state index in [-0.39, 0.29) is 44.1 Å². The molecule has 270 valence electrons. The maximum atomic E-state index is 14.4. The van der Waals surface area contributed by atoms with Gasteiger partial charge < -0.3 is 9.80 Å². The van der Waals surface area contributed by atoms with Crippen LogP contribution in [0.2, 0.25) is 0 Å². The fourth-order valence-corrected chi connectivity index (χ4v) is 11.0. The molecule has 0 N–H and O–H groups in total. The molecule has 2 atom stereocenters. The van der Waals surface area contributed by atoms with Gasteiger partial charge in [0.1, 0.15) is 12.3 Å². The minimum Gasteiger partial charge on any atom is -0.316 e. The third-order valence-electron chi connectivity index (χ3n) is 9.58. The van der Waals surface area contributed by atoms with E-state index in [2.05, 4.69) is 13.2 Å². The van der Waals surface area contributed by atoms with Gasteiger partial charge in [-0.2, -0.15) is 0 Å². The third kappa shape index (κ3) is 5.85. The van der Waals surface area contributed by atoms with Crippen molar-refractivity contribution in [2.24, 2.45) is 0 Å². The average Bonchev–Trinajstić information content (AvgIpc) is 3.65. The van der Waals surface area contributed by atoms with Crippen LogP contribution in [0.1, 0.15) is 41.6 Å². The Morgan fingerprint density at radius 3 is 1.25 bits per heavy atom. The summed E-state index contributed by atoms with van der Waals surface area (Å²) in [6, 6.07) is 29.6. The van der Waals surface area contributed by atoms with Gasteiger partial charge in [0.15, 0.2) is 0 Å². The summed E-state index contributed by atoms with van der Waals surface area (Å²) in [5, 5.41) is 0. The van der Waals surface area contributed by atoms with E-state index >= 15 is 0 Å². The highest BCUT2D eigenvalue weighted by Crippen LogP contribution is 2.44. The van der Waals surface area contributed by atoms with E-state index in [9.17, 15) is 26.4 Å². The number of carbonyl (C=O) groups is 2. The van der Waals surface area contributed by atoms with Gasteiger partial charge in [-0.3, -0.25) is 9.59 Å². The standard InChI is InChI=1S/C40H36N4O6S3/c1-25-15-19-29(20-16-25)52(47,48)43-33-13-9-7-11-31(33)39(45)41(5)37(43)27(3)35-23-24-36(51-35)28(4)38-42(6)40(46)32-12-8-10-14-34(32)44(38)53(49,50)30-21-17-26(2)18-22-30/h7-24,37-38H,3-4H2,1-2,5-6H3. The smallest absolute Gasteiger partial charge is 0.266 e. The summed E-state index contributed by atoms with van der Waals surface area (Å²) in [6.45, 7) is 12.4. The van der Waals surface area contributed by atoms with E-state index in [1.54, 1.807) is 84.9 Å². The SMILES string of the molecule is C=C(c1ccc(C(=C)C2N(C)C(=O)c3ccccc3N2S(=O)(=O)c2ccc(C)cc2)s1)C1N(C)C(=O)c2ccccc2N1S(=O)(=O)c1ccc(C)cc1. The van der Waals surface area contributed by atoms with Crippen LogP contribution in [0.25, 0.3) is 11.1 Å². The molecule has 0 radical (unpaired) electrons. The molecule has 4 aromatic carbocycles. The Hall–Kier alpha value is -5.50. The summed E-state index contributed by atoms with van der Waals surface area (Å²) in [7, 11) is -5.38. The lowest BCUT2D eigenvalue weighted by molar-refractivity contribution is 0.0750. The molecule has 0 saturated carbocycles. The van der Waals surface area contributed by atoms with Crippen molar-refractivity contribution in [2.45, 2.75) is 36.0 Å². The molecule has 0 spiro atoms. The molecule has 7 rings (SSSR count). The molecular weight excluding hydrogens is 729 g/mol. The Morgan fingerprint density at radius 1 is 0.547 bits per heavy atom. The van der Waals surface area contributed by atoms with Gasteiger partial charge in [0.25, 0.3) is 31.9 Å². The van der Waals surface area contributed by atoms with Crippen LogP contribution in [0.3, 0.4) is 0 Å². The number of hydrogen-bond acceptors (Lipinski definition) is 7. The minimum absolute atomic E-state index is 0.0545. The molecule has 3 heterocycles. The highest BCUT2D eigenvalue weighted by Gasteiger charge is 2.46. The topological polar surface area (TPSA) is 115 Å². The molecule has 0 aliphatic carbocycles. The summed E-state index contributed by atoms with van der Waals surface area (Å²) in [5.74, 6) is -0.748. The molecular formula is C40H36N4O6S3. The Kier molecular flexibility index (Phi) is 8.92. The van der Waals surface area contributed by atoms with Crippen molar-refractivity contribution in [2.75, 3.05) is 22.7 Å². The van der Waals surface area contributed by atoms with Crippen LogP contribution >= 0.6 is 11.3 Å². The van der Waals surface area contributed by atoms with Gasteiger partial charge in [0.05, 0.1) is 32.3 Å². The number of anilines is 2. The molecule has 0 bridgehead atoms. The predicted molar refractivity (Wildman–Crippen MR) is 209 cm³/mol. The quantitative estimate of drug-likeness (QED) is 0.168. The predicted octanol–water partition coefficient (Wildman–Crippen LogP) is 7.01. The second-order valence-electron chi connectivity index (χ2n) is 13.1. The van der Waals surface area contributed by atoms with Crippen molar-refractivity contribution < 1.29 is 26.4 Å². The molecule has 5 aromatic rings. The van der Waals surface area contributed by atoms with Crippen LogP contribution in [-0.4, -0.2) is 64.9 Å². The lowest BCUT2D eigenvalue weighted by Crippen LogP contribution is -2.56. The number of aryl methyl sites for hydroxylation is 2. The lowest BCUT2D eigenvalue weighted by atomic mass is 10.0. The molecule has 2 amide bonds. The summed E-state index contributed by atoms with van der Waals surface area (Å²) < 4.78 is 60.3. The maximum absolute atomic E-state index is 14.4. The Balaban J connectivity index is 1.30. The zero-order valence-corrected chi connectivity index (χ0v) is 31.9. The molecule has 2 aliphatic rings. The molecule has 2 unspecified atom stereocenters. The van der Waals surface area contributed by atoms with Crippen molar-refractivity contribution in [1.82, 2.24) is 9.80 Å². The van der Waals surface area contributed by atoms with Crippen LogP contribution in [0.15, 0.2) is 132 Å². The van der Waals surface area contributed by atoms with Crippen LogP contribution in [0.5, 0.6) is 0 Å². The van der Waals surface area contributed by atoms with Gasteiger partial charge in [-0.25, -0.2) is 25.4 Å². The molecule has 53 heavy (non-hydrogen) atoms.